The zero-order valence-electron chi connectivity index (χ0n) is 14.7. The predicted molar refractivity (Wildman–Crippen MR) is 92.5 cm³/mol. The van der Waals surface area contributed by atoms with Crippen molar-refractivity contribution in [1.82, 2.24) is 4.98 Å². The molecule has 6 rings (SSSR count). The summed E-state index contributed by atoms with van der Waals surface area (Å²) in [5, 5.41) is 10.6. The van der Waals surface area contributed by atoms with E-state index in [0.29, 0.717) is 16.5 Å². The van der Waals surface area contributed by atoms with Gasteiger partial charge in [0.1, 0.15) is 35.2 Å². The highest BCUT2D eigenvalue weighted by Gasteiger charge is 2.85. The molecule has 7 nitrogen and oxygen atoms in total. The number of nitriles is 1. The third kappa shape index (κ3) is 1.50. The van der Waals surface area contributed by atoms with E-state index in [2.05, 4.69) is 11.1 Å². The summed E-state index contributed by atoms with van der Waals surface area (Å²) in [4.78, 5) is 32.2. The molecule has 0 spiro atoms. The Bertz CT molecular complexity index is 1090. The standard InChI is InChI=1S/C20H15N3O4/c1-19-13-14(20(2,27-19)16-15(19)26-16)18(25)23(17(13)24)12-8-22-11(7-21)9-5-3-4-6-10(9)12/h3-6,8,13-16H,1-2H3/t13-,14+,15-,16+,19+,20-. The van der Waals surface area contributed by atoms with Crippen molar-refractivity contribution in [1.29, 1.82) is 5.26 Å². The van der Waals surface area contributed by atoms with Crippen LogP contribution in [0, 0.1) is 23.2 Å². The van der Waals surface area contributed by atoms with Crippen LogP contribution in [0.3, 0.4) is 0 Å². The second-order valence-electron chi connectivity index (χ2n) is 8.06. The number of ether oxygens (including phenoxy) is 2. The minimum Gasteiger partial charge on any atom is -0.363 e. The zero-order chi connectivity index (χ0) is 18.7. The minimum atomic E-state index is -0.776. The maximum Gasteiger partial charge on any atom is 0.240 e. The van der Waals surface area contributed by atoms with E-state index in [1.54, 1.807) is 18.2 Å². The number of hydrogen-bond donors (Lipinski definition) is 0. The molecule has 2 amide bonds. The van der Waals surface area contributed by atoms with Gasteiger partial charge in [-0.2, -0.15) is 5.26 Å². The van der Waals surface area contributed by atoms with E-state index >= 15 is 0 Å². The lowest BCUT2D eigenvalue weighted by atomic mass is 9.69. The fraction of sp³-hybridized carbons (Fsp3) is 0.400. The Morgan fingerprint density at radius 2 is 1.67 bits per heavy atom. The molecule has 5 heterocycles. The van der Waals surface area contributed by atoms with Crippen molar-refractivity contribution in [2.75, 3.05) is 4.90 Å². The van der Waals surface area contributed by atoms with Crippen LogP contribution in [0.1, 0.15) is 19.5 Å². The number of aromatic nitrogens is 1. The number of epoxide rings is 1. The Morgan fingerprint density at radius 1 is 1.07 bits per heavy atom. The molecule has 2 aromatic rings. The summed E-state index contributed by atoms with van der Waals surface area (Å²) >= 11 is 0. The van der Waals surface area contributed by atoms with Gasteiger partial charge < -0.3 is 9.47 Å². The van der Waals surface area contributed by atoms with Gasteiger partial charge in [0.15, 0.2) is 0 Å². The molecule has 4 fully saturated rings. The zero-order valence-corrected chi connectivity index (χ0v) is 14.7. The number of pyridine rings is 1. The third-order valence-corrected chi connectivity index (χ3v) is 6.72. The molecular formula is C20H15N3O4. The van der Waals surface area contributed by atoms with E-state index in [1.165, 1.54) is 11.1 Å². The quantitative estimate of drug-likeness (QED) is 0.565. The van der Waals surface area contributed by atoms with Crippen LogP contribution >= 0.6 is 0 Å². The van der Waals surface area contributed by atoms with Crippen molar-refractivity contribution < 1.29 is 19.1 Å². The molecule has 6 atom stereocenters. The van der Waals surface area contributed by atoms with Crippen LogP contribution in [0.2, 0.25) is 0 Å². The number of fused-ring (bicyclic) bond motifs is 9. The summed E-state index contributed by atoms with van der Waals surface area (Å²) in [6.45, 7) is 3.74. The van der Waals surface area contributed by atoms with Crippen LogP contribution < -0.4 is 4.90 Å². The molecule has 4 saturated heterocycles. The first kappa shape index (κ1) is 15.3. The SMILES string of the molecule is C[C@]12O[C@](C)([C@@H]3O[C@@H]31)[C@H]1C(=O)N(c3cnc(C#N)c4ccccc34)C(=O)[C@H]12. The Kier molecular flexibility index (Phi) is 2.46. The fourth-order valence-corrected chi connectivity index (χ4v) is 5.56. The molecule has 7 heteroatoms. The van der Waals surface area contributed by atoms with Crippen LogP contribution in [-0.2, 0) is 19.1 Å². The lowest BCUT2D eigenvalue weighted by Gasteiger charge is -2.28. The average Bonchev–Trinajstić information content (AvgIpc) is 3.33. The molecule has 4 aliphatic rings. The summed E-state index contributed by atoms with van der Waals surface area (Å²) in [7, 11) is 0. The normalized spacial score (nSPS) is 41.0. The number of carbonyl (C=O) groups is 2. The summed E-state index contributed by atoms with van der Waals surface area (Å²) in [6.07, 6.45) is 1.19. The predicted octanol–water partition coefficient (Wildman–Crippen LogP) is 1.54. The molecular weight excluding hydrogens is 346 g/mol. The van der Waals surface area contributed by atoms with E-state index in [0.717, 1.165) is 0 Å². The molecule has 0 aliphatic carbocycles. The molecule has 2 bridgehead atoms. The molecule has 134 valence electrons. The third-order valence-electron chi connectivity index (χ3n) is 6.72. The van der Waals surface area contributed by atoms with E-state index < -0.39 is 23.0 Å². The number of benzene rings is 1. The van der Waals surface area contributed by atoms with Crippen LogP contribution in [0.25, 0.3) is 10.8 Å². The van der Waals surface area contributed by atoms with Gasteiger partial charge in [-0.3, -0.25) is 9.59 Å². The van der Waals surface area contributed by atoms with Gasteiger partial charge in [-0.1, -0.05) is 24.3 Å². The average molecular weight is 361 g/mol. The lowest BCUT2D eigenvalue weighted by molar-refractivity contribution is -0.139. The lowest BCUT2D eigenvalue weighted by Crippen LogP contribution is -2.45. The summed E-state index contributed by atoms with van der Waals surface area (Å²) in [5.74, 6) is -1.68. The monoisotopic (exact) mass is 361 g/mol. The second kappa shape index (κ2) is 4.35. The Labute approximate surface area is 154 Å². The van der Waals surface area contributed by atoms with Gasteiger partial charge >= 0.3 is 0 Å². The van der Waals surface area contributed by atoms with Gasteiger partial charge in [0.25, 0.3) is 0 Å². The molecule has 1 aromatic carbocycles. The van der Waals surface area contributed by atoms with Gasteiger partial charge in [0.05, 0.1) is 23.7 Å². The topological polar surface area (TPSA) is 95.8 Å². The van der Waals surface area contributed by atoms with Crippen molar-refractivity contribution in [3.63, 3.8) is 0 Å². The van der Waals surface area contributed by atoms with E-state index in [4.69, 9.17) is 9.47 Å². The van der Waals surface area contributed by atoms with Gasteiger partial charge in [0, 0.05) is 10.8 Å². The van der Waals surface area contributed by atoms with Crippen molar-refractivity contribution in [3.05, 3.63) is 36.2 Å². The highest BCUT2D eigenvalue weighted by atomic mass is 16.7. The maximum absolute atomic E-state index is 13.4. The van der Waals surface area contributed by atoms with Crippen molar-refractivity contribution in [3.8, 4) is 6.07 Å². The molecule has 1 aromatic heterocycles. The Hall–Kier alpha value is -2.82. The van der Waals surface area contributed by atoms with Crippen LogP contribution in [0.5, 0.6) is 0 Å². The first-order valence-electron chi connectivity index (χ1n) is 8.93. The summed E-state index contributed by atoms with van der Waals surface area (Å²) in [5.41, 5.74) is -0.858. The summed E-state index contributed by atoms with van der Waals surface area (Å²) in [6, 6.07) is 9.26. The number of hydrogen-bond acceptors (Lipinski definition) is 6. The van der Waals surface area contributed by atoms with Gasteiger partial charge in [-0.15, -0.1) is 0 Å². The molecule has 0 N–H and O–H groups in total. The van der Waals surface area contributed by atoms with Crippen LogP contribution in [-0.4, -0.2) is 40.2 Å². The fourth-order valence-electron chi connectivity index (χ4n) is 5.56. The molecule has 4 aliphatic heterocycles. The second-order valence-corrected chi connectivity index (χ2v) is 8.06. The Morgan fingerprint density at radius 3 is 2.26 bits per heavy atom. The van der Waals surface area contributed by atoms with Gasteiger partial charge in [-0.05, 0) is 13.8 Å². The molecule has 0 unspecified atom stereocenters. The largest absolute Gasteiger partial charge is 0.363 e. The van der Waals surface area contributed by atoms with E-state index in [9.17, 15) is 14.9 Å². The van der Waals surface area contributed by atoms with E-state index in [-0.39, 0.29) is 29.7 Å². The number of carbonyl (C=O) groups excluding carboxylic acids is 2. The Balaban J connectivity index is 1.54. The molecule has 0 saturated carbocycles. The number of amides is 2. The smallest absolute Gasteiger partial charge is 0.240 e. The minimum absolute atomic E-state index is 0.128. The summed E-state index contributed by atoms with van der Waals surface area (Å²) < 4.78 is 11.9. The van der Waals surface area contributed by atoms with Crippen LogP contribution in [0.15, 0.2) is 30.5 Å². The molecule has 0 radical (unpaired) electrons. The van der Waals surface area contributed by atoms with Crippen molar-refractivity contribution >= 4 is 28.3 Å². The van der Waals surface area contributed by atoms with Crippen LogP contribution in [0.4, 0.5) is 5.69 Å². The molecule has 27 heavy (non-hydrogen) atoms. The van der Waals surface area contributed by atoms with Gasteiger partial charge in [0.2, 0.25) is 11.8 Å². The number of rotatable bonds is 1. The first-order valence-corrected chi connectivity index (χ1v) is 8.93. The highest BCUT2D eigenvalue weighted by molar-refractivity contribution is 6.26. The van der Waals surface area contributed by atoms with Crippen molar-refractivity contribution in [2.45, 2.75) is 37.3 Å². The number of imide groups is 1. The van der Waals surface area contributed by atoms with E-state index in [1.807, 2.05) is 19.9 Å². The van der Waals surface area contributed by atoms with Crippen molar-refractivity contribution in [2.24, 2.45) is 11.8 Å². The maximum atomic E-state index is 13.4. The number of anilines is 1. The highest BCUT2D eigenvalue weighted by Crippen LogP contribution is 2.68. The number of nitrogens with zero attached hydrogens (tertiary/aromatic N) is 3. The first-order chi connectivity index (χ1) is 12.9. The van der Waals surface area contributed by atoms with Gasteiger partial charge in [-0.25, -0.2) is 9.88 Å².